The van der Waals surface area contributed by atoms with Crippen LogP contribution < -0.4 is 10.1 Å². The largest absolute Gasteiger partial charge is 0.496 e. The number of aliphatic hydroxyl groups is 1. The van der Waals surface area contributed by atoms with Crippen LogP contribution >= 0.6 is 0 Å². The number of hydrogen-bond donors (Lipinski definition) is 2. The third kappa shape index (κ3) is 3.27. The van der Waals surface area contributed by atoms with Gasteiger partial charge in [0.1, 0.15) is 11.6 Å². The standard InChI is InChI=1S/C16H18FNO2/c1-11-3-4-12(7-15(11)17)9-18-14-5-6-16(20-2)13(8-14)10-19/h3-8,18-19H,9-10H2,1-2H3. The number of anilines is 1. The molecular weight excluding hydrogens is 257 g/mol. The molecule has 20 heavy (non-hydrogen) atoms. The predicted octanol–water partition coefficient (Wildman–Crippen LogP) is 3.25. The lowest BCUT2D eigenvalue weighted by atomic mass is 10.1. The van der Waals surface area contributed by atoms with Crippen LogP contribution in [0.25, 0.3) is 0 Å². The molecular formula is C16H18FNO2. The van der Waals surface area contributed by atoms with Gasteiger partial charge in [-0.15, -0.1) is 0 Å². The number of ether oxygens (including phenoxy) is 1. The number of benzene rings is 2. The second kappa shape index (κ2) is 6.39. The summed E-state index contributed by atoms with van der Waals surface area (Å²) in [7, 11) is 1.57. The third-order valence-corrected chi connectivity index (χ3v) is 3.18. The maximum absolute atomic E-state index is 13.4. The van der Waals surface area contributed by atoms with Gasteiger partial charge in [0.05, 0.1) is 13.7 Å². The highest BCUT2D eigenvalue weighted by atomic mass is 19.1. The van der Waals surface area contributed by atoms with E-state index in [-0.39, 0.29) is 12.4 Å². The minimum Gasteiger partial charge on any atom is -0.496 e. The van der Waals surface area contributed by atoms with Gasteiger partial charge < -0.3 is 15.2 Å². The van der Waals surface area contributed by atoms with Gasteiger partial charge >= 0.3 is 0 Å². The van der Waals surface area contributed by atoms with Crippen molar-refractivity contribution in [1.29, 1.82) is 0 Å². The Morgan fingerprint density at radius 2 is 2.00 bits per heavy atom. The summed E-state index contributed by atoms with van der Waals surface area (Å²) in [4.78, 5) is 0. The van der Waals surface area contributed by atoms with E-state index in [0.717, 1.165) is 11.3 Å². The van der Waals surface area contributed by atoms with Gasteiger partial charge in [-0.25, -0.2) is 4.39 Å². The Labute approximate surface area is 118 Å². The summed E-state index contributed by atoms with van der Waals surface area (Å²) in [6, 6.07) is 10.7. The van der Waals surface area contributed by atoms with Crippen molar-refractivity contribution in [3.8, 4) is 5.75 Å². The van der Waals surface area contributed by atoms with Gasteiger partial charge in [-0.3, -0.25) is 0 Å². The van der Waals surface area contributed by atoms with E-state index in [1.807, 2.05) is 18.2 Å². The summed E-state index contributed by atoms with van der Waals surface area (Å²) < 4.78 is 18.6. The lowest BCUT2D eigenvalue weighted by Crippen LogP contribution is -2.01. The molecule has 0 saturated carbocycles. The molecule has 106 valence electrons. The maximum Gasteiger partial charge on any atom is 0.126 e. The predicted molar refractivity (Wildman–Crippen MR) is 77.4 cm³/mol. The highest BCUT2D eigenvalue weighted by Gasteiger charge is 2.04. The normalized spacial score (nSPS) is 10.4. The molecule has 0 aliphatic carbocycles. The monoisotopic (exact) mass is 275 g/mol. The van der Waals surface area contributed by atoms with Crippen LogP contribution in [0.2, 0.25) is 0 Å². The Balaban J connectivity index is 2.08. The first-order chi connectivity index (χ1) is 9.63. The molecule has 0 atom stereocenters. The van der Waals surface area contributed by atoms with Gasteiger partial charge in [0.15, 0.2) is 0 Å². The van der Waals surface area contributed by atoms with Crippen molar-refractivity contribution >= 4 is 5.69 Å². The van der Waals surface area contributed by atoms with Gasteiger partial charge in [-0.2, -0.15) is 0 Å². The molecule has 0 aliphatic rings. The number of halogens is 1. The summed E-state index contributed by atoms with van der Waals surface area (Å²) >= 11 is 0. The fourth-order valence-corrected chi connectivity index (χ4v) is 1.96. The van der Waals surface area contributed by atoms with Crippen molar-refractivity contribution in [3.05, 3.63) is 58.9 Å². The van der Waals surface area contributed by atoms with Crippen LogP contribution in [-0.2, 0) is 13.2 Å². The van der Waals surface area contributed by atoms with Crippen LogP contribution in [0.15, 0.2) is 36.4 Å². The zero-order chi connectivity index (χ0) is 14.5. The van der Waals surface area contributed by atoms with E-state index in [0.29, 0.717) is 23.4 Å². The highest BCUT2D eigenvalue weighted by Crippen LogP contribution is 2.23. The van der Waals surface area contributed by atoms with E-state index in [1.54, 1.807) is 26.2 Å². The van der Waals surface area contributed by atoms with Crippen molar-refractivity contribution in [2.75, 3.05) is 12.4 Å². The molecule has 2 aromatic carbocycles. The van der Waals surface area contributed by atoms with Crippen molar-refractivity contribution < 1.29 is 14.2 Å². The molecule has 0 aromatic heterocycles. The third-order valence-electron chi connectivity index (χ3n) is 3.18. The summed E-state index contributed by atoms with van der Waals surface area (Å²) in [5.74, 6) is 0.453. The molecule has 2 rings (SSSR count). The Morgan fingerprint density at radius 3 is 2.65 bits per heavy atom. The molecule has 2 N–H and O–H groups in total. The van der Waals surface area contributed by atoms with Crippen LogP contribution in [-0.4, -0.2) is 12.2 Å². The fourth-order valence-electron chi connectivity index (χ4n) is 1.96. The highest BCUT2D eigenvalue weighted by molar-refractivity contribution is 5.51. The molecule has 0 spiro atoms. The minimum absolute atomic E-state index is 0.0855. The second-order valence-electron chi connectivity index (χ2n) is 4.62. The summed E-state index contributed by atoms with van der Waals surface area (Å²) in [5.41, 5.74) is 3.08. The van der Waals surface area contributed by atoms with Crippen LogP contribution in [0.1, 0.15) is 16.7 Å². The van der Waals surface area contributed by atoms with Crippen LogP contribution in [0, 0.1) is 12.7 Å². The van der Waals surface area contributed by atoms with Crippen molar-refractivity contribution in [1.82, 2.24) is 0 Å². The molecule has 0 fully saturated rings. The molecule has 4 heteroatoms. The zero-order valence-corrected chi connectivity index (χ0v) is 11.6. The first-order valence-electron chi connectivity index (χ1n) is 6.40. The van der Waals surface area contributed by atoms with Gasteiger partial charge in [0, 0.05) is 17.8 Å². The molecule has 0 amide bonds. The fraction of sp³-hybridized carbons (Fsp3) is 0.250. The second-order valence-corrected chi connectivity index (χ2v) is 4.62. The first kappa shape index (κ1) is 14.3. The number of aryl methyl sites for hydroxylation is 1. The van der Waals surface area contributed by atoms with Gasteiger partial charge in [0.2, 0.25) is 0 Å². The van der Waals surface area contributed by atoms with E-state index in [2.05, 4.69) is 5.32 Å². The number of aliphatic hydroxyl groups excluding tert-OH is 1. The Kier molecular flexibility index (Phi) is 4.58. The number of rotatable bonds is 5. The Hall–Kier alpha value is -2.07. The molecule has 0 saturated heterocycles. The quantitative estimate of drug-likeness (QED) is 0.880. The lowest BCUT2D eigenvalue weighted by Gasteiger charge is -2.11. The Bertz CT molecular complexity index is 599. The Morgan fingerprint density at radius 1 is 1.20 bits per heavy atom. The first-order valence-corrected chi connectivity index (χ1v) is 6.40. The number of nitrogens with one attached hydrogen (secondary N) is 1. The van der Waals surface area contributed by atoms with Gasteiger partial charge in [-0.05, 0) is 42.3 Å². The minimum atomic E-state index is -0.199. The molecule has 0 bridgehead atoms. The van der Waals surface area contributed by atoms with Crippen LogP contribution in [0.4, 0.5) is 10.1 Å². The molecule has 3 nitrogen and oxygen atoms in total. The molecule has 0 aliphatic heterocycles. The molecule has 0 heterocycles. The summed E-state index contributed by atoms with van der Waals surface area (Å²) in [5, 5.41) is 12.5. The van der Waals surface area contributed by atoms with Crippen LogP contribution in [0.3, 0.4) is 0 Å². The van der Waals surface area contributed by atoms with E-state index >= 15 is 0 Å². The average Bonchev–Trinajstić information content (AvgIpc) is 2.48. The van der Waals surface area contributed by atoms with Gasteiger partial charge in [0.25, 0.3) is 0 Å². The smallest absolute Gasteiger partial charge is 0.126 e. The van der Waals surface area contributed by atoms with E-state index in [1.165, 1.54) is 6.07 Å². The van der Waals surface area contributed by atoms with E-state index < -0.39 is 0 Å². The SMILES string of the molecule is COc1ccc(NCc2ccc(C)c(F)c2)cc1CO. The average molecular weight is 275 g/mol. The van der Waals surface area contributed by atoms with E-state index in [4.69, 9.17) is 4.74 Å². The maximum atomic E-state index is 13.4. The zero-order valence-electron chi connectivity index (χ0n) is 11.6. The molecule has 0 unspecified atom stereocenters. The molecule has 2 aromatic rings. The summed E-state index contributed by atoms with van der Waals surface area (Å²) in [6.07, 6.45) is 0. The molecule has 0 radical (unpaired) electrons. The number of methoxy groups -OCH3 is 1. The van der Waals surface area contributed by atoms with E-state index in [9.17, 15) is 9.50 Å². The number of hydrogen-bond acceptors (Lipinski definition) is 3. The van der Waals surface area contributed by atoms with Crippen molar-refractivity contribution in [3.63, 3.8) is 0 Å². The van der Waals surface area contributed by atoms with Crippen molar-refractivity contribution in [2.24, 2.45) is 0 Å². The summed E-state index contributed by atoms with van der Waals surface area (Å²) in [6.45, 7) is 2.18. The topological polar surface area (TPSA) is 41.5 Å². The lowest BCUT2D eigenvalue weighted by molar-refractivity contribution is 0.274. The van der Waals surface area contributed by atoms with Crippen molar-refractivity contribution in [2.45, 2.75) is 20.1 Å². The van der Waals surface area contributed by atoms with Gasteiger partial charge in [-0.1, -0.05) is 12.1 Å². The van der Waals surface area contributed by atoms with Crippen LogP contribution in [0.5, 0.6) is 5.75 Å².